The summed E-state index contributed by atoms with van der Waals surface area (Å²) in [7, 11) is 0. The van der Waals surface area contributed by atoms with Gasteiger partial charge < -0.3 is 24.8 Å². The Balaban J connectivity index is 1.22. The Morgan fingerprint density at radius 3 is 2.52 bits per heavy atom. The van der Waals surface area contributed by atoms with Gasteiger partial charge in [0.1, 0.15) is 6.10 Å². The van der Waals surface area contributed by atoms with Gasteiger partial charge in [0.2, 0.25) is 0 Å². The molecule has 0 radical (unpaired) electrons. The third-order valence-corrected chi connectivity index (χ3v) is 9.76. The number of carbonyl (C=O) groups is 2. The Labute approximate surface area is 241 Å². The molecule has 3 N–H and O–H groups in total. The van der Waals surface area contributed by atoms with E-state index in [9.17, 15) is 24.9 Å². The second kappa shape index (κ2) is 15.5. The summed E-state index contributed by atoms with van der Waals surface area (Å²) < 4.78 is 11.2. The Hall–Kier alpha value is -1.70. The molecule has 7 heteroatoms. The van der Waals surface area contributed by atoms with Gasteiger partial charge in [0.05, 0.1) is 24.4 Å². The Kier molecular flexibility index (Phi) is 12.7. The molecule has 0 aromatic rings. The number of hydrogen-bond acceptors (Lipinski definition) is 7. The largest absolute Gasteiger partial charge is 0.463 e. The summed E-state index contributed by atoms with van der Waals surface area (Å²) in [6, 6.07) is 0. The van der Waals surface area contributed by atoms with E-state index in [4.69, 9.17) is 9.47 Å². The monoisotopic (exact) mass is 562 g/mol. The zero-order valence-corrected chi connectivity index (χ0v) is 25.1. The van der Waals surface area contributed by atoms with Crippen LogP contribution in [-0.4, -0.2) is 57.8 Å². The number of fused-ring (bicyclic) bond motifs is 2. The van der Waals surface area contributed by atoms with Crippen molar-refractivity contribution in [2.75, 3.05) is 0 Å². The average molecular weight is 563 g/mol. The molecule has 0 spiro atoms. The van der Waals surface area contributed by atoms with Crippen molar-refractivity contribution in [2.24, 2.45) is 23.2 Å². The summed E-state index contributed by atoms with van der Waals surface area (Å²) in [6.45, 7) is 10.4. The van der Waals surface area contributed by atoms with Crippen LogP contribution < -0.4 is 0 Å². The van der Waals surface area contributed by atoms with Crippen molar-refractivity contribution in [1.29, 1.82) is 0 Å². The van der Waals surface area contributed by atoms with Gasteiger partial charge in [0.25, 0.3) is 0 Å². The quantitative estimate of drug-likeness (QED) is 0.0790. The van der Waals surface area contributed by atoms with Crippen molar-refractivity contribution in [3.8, 4) is 0 Å². The summed E-state index contributed by atoms with van der Waals surface area (Å²) in [5.74, 6) is 0.911. The maximum atomic E-state index is 12.3. The Bertz CT molecular complexity index is 869. The van der Waals surface area contributed by atoms with Gasteiger partial charge in [-0.2, -0.15) is 0 Å². The summed E-state index contributed by atoms with van der Waals surface area (Å²) in [4.78, 5) is 24.1. The third-order valence-electron chi connectivity index (χ3n) is 9.76. The third kappa shape index (κ3) is 9.15. The van der Waals surface area contributed by atoms with E-state index >= 15 is 0 Å². The number of ether oxygens (including phenoxy) is 2. The second-order valence-electron chi connectivity index (χ2n) is 12.9. The van der Waals surface area contributed by atoms with Crippen LogP contribution in [0.2, 0.25) is 0 Å². The number of rotatable bonds is 19. The first-order valence-electron chi connectivity index (χ1n) is 15.9. The molecular weight excluding hydrogens is 508 g/mol. The molecule has 40 heavy (non-hydrogen) atoms. The Morgan fingerprint density at radius 1 is 1.07 bits per heavy atom. The van der Waals surface area contributed by atoms with Gasteiger partial charge in [-0.05, 0) is 75.5 Å². The molecule has 0 aromatic carbocycles. The SMILES string of the molecule is C=C1C(=O)O[C@@H]2C[C@]3(C)[C@@H](CC[C@@H](C)OC(=O)CCCC[C@H](O)/C=C/[C@@H](O)[C@H](O)CCCCCCCC)[C@@H]3C[C@H]12. The van der Waals surface area contributed by atoms with E-state index in [1.807, 2.05) is 6.92 Å². The predicted octanol–water partition coefficient (Wildman–Crippen LogP) is 5.79. The van der Waals surface area contributed by atoms with E-state index in [0.29, 0.717) is 49.5 Å². The first kappa shape index (κ1) is 32.8. The van der Waals surface area contributed by atoms with Crippen LogP contribution in [0, 0.1) is 23.2 Å². The van der Waals surface area contributed by atoms with E-state index in [-0.39, 0.29) is 35.5 Å². The van der Waals surface area contributed by atoms with Crippen LogP contribution in [0.5, 0.6) is 0 Å². The van der Waals surface area contributed by atoms with E-state index in [1.54, 1.807) is 6.08 Å². The molecule has 1 aliphatic heterocycles. The fraction of sp³-hybridized carbons (Fsp3) is 0.818. The van der Waals surface area contributed by atoms with Crippen LogP contribution >= 0.6 is 0 Å². The standard InChI is InChI=1S/C33H54O7/c1-5-6-7-8-9-10-14-28(35)29(36)19-17-24(34)13-11-12-15-31(37)39-22(2)16-18-26-27-20-25-23(3)32(38)40-30(25)21-33(26,27)4/h17,19,22,24-30,34-36H,3,5-16,18,20-21H2,1-2,4H3/b19-17+/t22-,24+,25-,26+,27+,28-,29-,30-,33-/m1/s1. The highest BCUT2D eigenvalue weighted by Crippen LogP contribution is 2.70. The lowest BCUT2D eigenvalue weighted by atomic mass is 9.79. The maximum Gasteiger partial charge on any atom is 0.334 e. The molecule has 2 aliphatic carbocycles. The fourth-order valence-corrected chi connectivity index (χ4v) is 7.04. The van der Waals surface area contributed by atoms with Crippen LogP contribution in [0.1, 0.15) is 117 Å². The van der Waals surface area contributed by atoms with Crippen molar-refractivity contribution in [1.82, 2.24) is 0 Å². The first-order chi connectivity index (χ1) is 19.1. The zero-order valence-electron chi connectivity index (χ0n) is 25.1. The molecule has 3 fully saturated rings. The predicted molar refractivity (Wildman–Crippen MR) is 155 cm³/mol. The van der Waals surface area contributed by atoms with Gasteiger partial charge in [0.15, 0.2) is 0 Å². The molecule has 1 saturated heterocycles. The number of aliphatic hydroxyl groups is 3. The van der Waals surface area contributed by atoms with Crippen molar-refractivity contribution >= 4 is 11.9 Å². The molecule has 3 rings (SSSR count). The molecule has 1 heterocycles. The highest BCUT2D eigenvalue weighted by molar-refractivity contribution is 5.90. The van der Waals surface area contributed by atoms with Gasteiger partial charge >= 0.3 is 11.9 Å². The van der Waals surface area contributed by atoms with E-state index in [1.165, 1.54) is 25.3 Å². The minimum Gasteiger partial charge on any atom is -0.463 e. The molecule has 0 aromatic heterocycles. The molecule has 2 saturated carbocycles. The summed E-state index contributed by atoms with van der Waals surface area (Å²) in [5.41, 5.74) is 0.853. The maximum absolute atomic E-state index is 12.3. The molecule has 0 amide bonds. The minimum atomic E-state index is -0.972. The molecule has 7 nitrogen and oxygen atoms in total. The topological polar surface area (TPSA) is 113 Å². The molecule has 9 atom stereocenters. The number of aliphatic hydroxyl groups excluding tert-OH is 3. The second-order valence-corrected chi connectivity index (χ2v) is 12.9. The number of carbonyl (C=O) groups excluding carboxylic acids is 2. The van der Waals surface area contributed by atoms with Crippen molar-refractivity contribution in [3.05, 3.63) is 24.3 Å². The average Bonchev–Trinajstić information content (AvgIpc) is 3.40. The molecule has 0 unspecified atom stereocenters. The van der Waals surface area contributed by atoms with Crippen LogP contribution in [0.25, 0.3) is 0 Å². The minimum absolute atomic E-state index is 0.0120. The lowest BCUT2D eigenvalue weighted by Gasteiger charge is -2.27. The van der Waals surface area contributed by atoms with E-state index in [0.717, 1.165) is 44.9 Å². The summed E-state index contributed by atoms with van der Waals surface area (Å²) in [6.07, 6.45) is 13.6. The van der Waals surface area contributed by atoms with Gasteiger partial charge in [0, 0.05) is 17.9 Å². The smallest absolute Gasteiger partial charge is 0.334 e. The van der Waals surface area contributed by atoms with Crippen molar-refractivity contribution in [2.45, 2.75) is 148 Å². The number of unbranched alkanes of at least 4 members (excludes halogenated alkanes) is 6. The highest BCUT2D eigenvalue weighted by Gasteiger charge is 2.66. The van der Waals surface area contributed by atoms with Crippen LogP contribution in [0.4, 0.5) is 0 Å². The normalized spacial score (nSPS) is 30.4. The Morgan fingerprint density at radius 2 is 1.77 bits per heavy atom. The number of esters is 2. The summed E-state index contributed by atoms with van der Waals surface area (Å²) in [5, 5.41) is 30.4. The first-order valence-corrected chi connectivity index (χ1v) is 15.9. The van der Waals surface area contributed by atoms with Gasteiger partial charge in [-0.25, -0.2) is 4.79 Å². The van der Waals surface area contributed by atoms with E-state index < -0.39 is 18.3 Å². The van der Waals surface area contributed by atoms with Gasteiger partial charge in [-0.1, -0.05) is 71.1 Å². The highest BCUT2D eigenvalue weighted by atomic mass is 16.6. The fourth-order valence-electron chi connectivity index (χ4n) is 7.04. The lowest BCUT2D eigenvalue weighted by molar-refractivity contribution is -0.148. The zero-order chi connectivity index (χ0) is 29.3. The molecule has 228 valence electrons. The van der Waals surface area contributed by atoms with Crippen molar-refractivity contribution in [3.63, 3.8) is 0 Å². The van der Waals surface area contributed by atoms with Crippen LogP contribution in [0.3, 0.4) is 0 Å². The van der Waals surface area contributed by atoms with Gasteiger partial charge in [-0.15, -0.1) is 0 Å². The molecular formula is C33H54O7. The molecule has 0 bridgehead atoms. The lowest BCUT2D eigenvalue weighted by Crippen LogP contribution is -2.26. The van der Waals surface area contributed by atoms with Crippen LogP contribution in [-0.2, 0) is 19.1 Å². The summed E-state index contributed by atoms with van der Waals surface area (Å²) >= 11 is 0. The number of hydrogen-bond donors (Lipinski definition) is 3. The van der Waals surface area contributed by atoms with E-state index in [2.05, 4.69) is 20.4 Å². The van der Waals surface area contributed by atoms with Gasteiger partial charge in [-0.3, -0.25) is 4.79 Å². The molecule has 3 aliphatic rings. The van der Waals surface area contributed by atoms with Crippen molar-refractivity contribution < 1.29 is 34.4 Å². The van der Waals surface area contributed by atoms with Crippen LogP contribution in [0.15, 0.2) is 24.3 Å².